The highest BCUT2D eigenvalue weighted by Gasteiger charge is 2.22. The van der Waals surface area contributed by atoms with Gasteiger partial charge in [0.15, 0.2) is 5.78 Å². The molecule has 0 bridgehead atoms. The molecule has 1 atom stereocenters. The molecule has 2 rings (SSSR count). The molecule has 0 spiro atoms. The molecule has 0 aromatic rings. The molecular formula is C11H14O2. The summed E-state index contributed by atoms with van der Waals surface area (Å²) < 4.78 is 5.31. The van der Waals surface area contributed by atoms with Crippen LogP contribution in [-0.4, -0.2) is 19.0 Å². The number of carbonyl (C=O) groups is 1. The van der Waals surface area contributed by atoms with Gasteiger partial charge in [0.25, 0.3) is 0 Å². The Labute approximate surface area is 78.3 Å². The lowest BCUT2D eigenvalue weighted by molar-refractivity contribution is -0.114. The first-order valence-electron chi connectivity index (χ1n) is 4.74. The third-order valence-corrected chi connectivity index (χ3v) is 2.86. The molecule has 0 saturated carbocycles. The van der Waals surface area contributed by atoms with Crippen molar-refractivity contribution < 1.29 is 9.53 Å². The number of ether oxygens (including phenoxy) is 1. The van der Waals surface area contributed by atoms with Crippen molar-refractivity contribution in [3.63, 3.8) is 0 Å². The molecule has 2 aliphatic carbocycles. The van der Waals surface area contributed by atoms with Crippen LogP contribution in [0.15, 0.2) is 23.3 Å². The molecule has 0 heterocycles. The Morgan fingerprint density at radius 1 is 1.46 bits per heavy atom. The highest BCUT2D eigenvalue weighted by Crippen LogP contribution is 2.31. The molecule has 70 valence electrons. The van der Waals surface area contributed by atoms with Crippen molar-refractivity contribution in [1.82, 2.24) is 0 Å². The van der Waals surface area contributed by atoms with Gasteiger partial charge in [-0.2, -0.15) is 0 Å². The topological polar surface area (TPSA) is 26.3 Å². The zero-order valence-electron chi connectivity index (χ0n) is 7.88. The quantitative estimate of drug-likeness (QED) is 0.614. The Kier molecular flexibility index (Phi) is 2.32. The first kappa shape index (κ1) is 8.70. The number of carbonyl (C=O) groups excluding carboxylic acids is 1. The van der Waals surface area contributed by atoms with Crippen molar-refractivity contribution >= 4 is 5.78 Å². The number of hydrogen-bond donors (Lipinski definition) is 0. The number of methoxy groups -OCH3 is 1. The average molecular weight is 178 g/mol. The Morgan fingerprint density at radius 2 is 2.31 bits per heavy atom. The summed E-state index contributed by atoms with van der Waals surface area (Å²) in [6, 6.07) is 0. The third-order valence-electron chi connectivity index (χ3n) is 2.86. The maximum absolute atomic E-state index is 11.2. The van der Waals surface area contributed by atoms with Gasteiger partial charge in [-0.1, -0.05) is 11.6 Å². The van der Waals surface area contributed by atoms with Crippen LogP contribution in [0.25, 0.3) is 0 Å². The van der Waals surface area contributed by atoms with E-state index in [-0.39, 0.29) is 5.78 Å². The Morgan fingerprint density at radius 3 is 3.08 bits per heavy atom. The third kappa shape index (κ3) is 1.73. The van der Waals surface area contributed by atoms with E-state index in [1.165, 1.54) is 11.1 Å². The minimum atomic E-state index is 0.232. The molecule has 0 fully saturated rings. The summed E-state index contributed by atoms with van der Waals surface area (Å²) in [5, 5.41) is 0. The SMILES string of the molecule is COC1CCC2=C(CC(=O)C=C2)C1. The van der Waals surface area contributed by atoms with Crippen molar-refractivity contribution in [3.05, 3.63) is 23.3 Å². The zero-order valence-corrected chi connectivity index (χ0v) is 7.88. The number of rotatable bonds is 1. The van der Waals surface area contributed by atoms with E-state index in [0.717, 1.165) is 19.3 Å². The van der Waals surface area contributed by atoms with E-state index in [1.54, 1.807) is 13.2 Å². The van der Waals surface area contributed by atoms with Gasteiger partial charge in [-0.15, -0.1) is 0 Å². The average Bonchev–Trinajstić information content (AvgIpc) is 2.16. The van der Waals surface area contributed by atoms with E-state index >= 15 is 0 Å². The molecule has 0 aliphatic heterocycles. The number of allylic oxidation sites excluding steroid dienone is 3. The second-order valence-electron chi connectivity index (χ2n) is 3.71. The van der Waals surface area contributed by atoms with Crippen molar-refractivity contribution in [1.29, 1.82) is 0 Å². The van der Waals surface area contributed by atoms with E-state index < -0.39 is 0 Å². The van der Waals surface area contributed by atoms with Crippen LogP contribution in [0.1, 0.15) is 25.7 Å². The molecule has 13 heavy (non-hydrogen) atoms. The fourth-order valence-corrected chi connectivity index (χ4v) is 2.05. The second kappa shape index (κ2) is 3.46. The zero-order chi connectivity index (χ0) is 9.26. The van der Waals surface area contributed by atoms with Crippen LogP contribution in [0.3, 0.4) is 0 Å². The van der Waals surface area contributed by atoms with Gasteiger partial charge in [-0.3, -0.25) is 4.79 Å². The molecule has 0 amide bonds. The van der Waals surface area contributed by atoms with Gasteiger partial charge in [0.1, 0.15) is 0 Å². The summed E-state index contributed by atoms with van der Waals surface area (Å²) in [6.07, 6.45) is 7.73. The Bertz CT molecular complexity index is 286. The van der Waals surface area contributed by atoms with Crippen molar-refractivity contribution in [3.8, 4) is 0 Å². The fraction of sp³-hybridized carbons (Fsp3) is 0.545. The molecule has 0 saturated heterocycles. The lowest BCUT2D eigenvalue weighted by atomic mass is 9.84. The molecule has 0 N–H and O–H groups in total. The van der Waals surface area contributed by atoms with Gasteiger partial charge in [0, 0.05) is 13.5 Å². The molecule has 0 radical (unpaired) electrons. The van der Waals surface area contributed by atoms with Gasteiger partial charge >= 0.3 is 0 Å². The molecular weight excluding hydrogens is 164 g/mol. The highest BCUT2D eigenvalue weighted by atomic mass is 16.5. The minimum Gasteiger partial charge on any atom is -0.381 e. The van der Waals surface area contributed by atoms with Crippen LogP contribution in [0.5, 0.6) is 0 Å². The van der Waals surface area contributed by atoms with Crippen LogP contribution in [0.2, 0.25) is 0 Å². The van der Waals surface area contributed by atoms with Crippen LogP contribution >= 0.6 is 0 Å². The Hall–Kier alpha value is -0.890. The molecule has 0 aromatic carbocycles. The van der Waals surface area contributed by atoms with E-state index in [1.807, 2.05) is 6.08 Å². The van der Waals surface area contributed by atoms with E-state index in [9.17, 15) is 4.79 Å². The van der Waals surface area contributed by atoms with Crippen LogP contribution in [0.4, 0.5) is 0 Å². The fourth-order valence-electron chi connectivity index (χ4n) is 2.05. The predicted molar refractivity (Wildman–Crippen MR) is 50.4 cm³/mol. The summed E-state index contributed by atoms with van der Waals surface area (Å²) in [4.78, 5) is 11.2. The van der Waals surface area contributed by atoms with Gasteiger partial charge < -0.3 is 4.74 Å². The molecule has 0 aromatic heterocycles. The van der Waals surface area contributed by atoms with E-state index in [4.69, 9.17) is 4.74 Å². The highest BCUT2D eigenvalue weighted by molar-refractivity contribution is 5.93. The summed E-state index contributed by atoms with van der Waals surface area (Å²) in [5.41, 5.74) is 2.67. The van der Waals surface area contributed by atoms with E-state index in [0.29, 0.717) is 12.5 Å². The van der Waals surface area contributed by atoms with E-state index in [2.05, 4.69) is 0 Å². The minimum absolute atomic E-state index is 0.232. The first-order chi connectivity index (χ1) is 6.29. The number of hydrogen-bond acceptors (Lipinski definition) is 2. The maximum atomic E-state index is 11.2. The lowest BCUT2D eigenvalue weighted by Gasteiger charge is -2.26. The maximum Gasteiger partial charge on any atom is 0.159 e. The largest absolute Gasteiger partial charge is 0.381 e. The molecule has 2 aliphatic rings. The van der Waals surface area contributed by atoms with Gasteiger partial charge in [-0.25, -0.2) is 0 Å². The molecule has 2 heteroatoms. The van der Waals surface area contributed by atoms with Gasteiger partial charge in [-0.05, 0) is 30.9 Å². The lowest BCUT2D eigenvalue weighted by Crippen LogP contribution is -2.19. The smallest absolute Gasteiger partial charge is 0.159 e. The summed E-state index contributed by atoms with van der Waals surface area (Å²) in [5.74, 6) is 0.232. The first-order valence-corrected chi connectivity index (χ1v) is 4.74. The standard InChI is InChI=1S/C11H14O2/c1-13-11-5-3-8-2-4-10(12)6-9(8)7-11/h2,4,11H,3,5-7H2,1H3. The van der Waals surface area contributed by atoms with Crippen LogP contribution < -0.4 is 0 Å². The predicted octanol–water partition coefficient (Wildman–Crippen LogP) is 2.01. The van der Waals surface area contributed by atoms with Crippen LogP contribution in [-0.2, 0) is 9.53 Å². The molecule has 1 unspecified atom stereocenters. The van der Waals surface area contributed by atoms with Crippen molar-refractivity contribution in [2.24, 2.45) is 0 Å². The summed E-state index contributed by atoms with van der Waals surface area (Å²) in [7, 11) is 1.75. The molecule has 2 nitrogen and oxygen atoms in total. The van der Waals surface area contributed by atoms with Crippen molar-refractivity contribution in [2.75, 3.05) is 7.11 Å². The van der Waals surface area contributed by atoms with Gasteiger partial charge in [0.05, 0.1) is 6.10 Å². The van der Waals surface area contributed by atoms with Crippen LogP contribution in [0, 0.1) is 0 Å². The van der Waals surface area contributed by atoms with Crippen molar-refractivity contribution in [2.45, 2.75) is 31.8 Å². The Balaban J connectivity index is 2.16. The summed E-state index contributed by atoms with van der Waals surface area (Å²) >= 11 is 0. The number of ketones is 1. The second-order valence-corrected chi connectivity index (χ2v) is 3.71. The normalized spacial score (nSPS) is 27.8. The monoisotopic (exact) mass is 178 g/mol. The van der Waals surface area contributed by atoms with Gasteiger partial charge in [0.2, 0.25) is 0 Å². The summed E-state index contributed by atoms with van der Waals surface area (Å²) in [6.45, 7) is 0.